The van der Waals surface area contributed by atoms with E-state index in [1.54, 1.807) is 0 Å². The van der Waals surface area contributed by atoms with Crippen LogP contribution in [0.2, 0.25) is 0 Å². The molecule has 12 rings (SSSR count). The molecule has 52 heavy (non-hydrogen) atoms. The molecule has 1 aliphatic carbocycles. The van der Waals surface area contributed by atoms with E-state index < -0.39 is 0 Å². The molecule has 0 fully saturated rings. The summed E-state index contributed by atoms with van der Waals surface area (Å²) in [5, 5.41) is 9.36. The van der Waals surface area contributed by atoms with Crippen molar-refractivity contribution in [2.24, 2.45) is 0 Å². The summed E-state index contributed by atoms with van der Waals surface area (Å²) >= 11 is 1.81. The van der Waals surface area contributed by atoms with E-state index in [1.165, 1.54) is 47.8 Å². The van der Waals surface area contributed by atoms with E-state index >= 15 is 0 Å². The average molecular weight is 680 g/mol. The van der Waals surface area contributed by atoms with Gasteiger partial charge in [0.1, 0.15) is 11.2 Å². The number of para-hydroxylation sites is 1. The second-order valence-corrected chi connectivity index (χ2v) is 14.6. The second kappa shape index (κ2) is 10.4. The fraction of sp³-hybridized carbons (Fsp3) is 0. The molecule has 0 N–H and O–H groups in total. The number of thiophene rings is 1. The SMILES string of the molecule is c1ccc2c(-c3nc(-c4ccc5sc6ccccc6c5c4)nc(-c4ccc5c6c(cccc46)-c4ccc6oc7ccccc7c6c4-5)n3)cccc2c1. The van der Waals surface area contributed by atoms with E-state index in [-0.39, 0.29) is 0 Å². The third-order valence-electron chi connectivity index (χ3n) is 10.7. The Morgan fingerprint density at radius 3 is 1.96 bits per heavy atom. The molecule has 0 unspecified atom stereocenters. The van der Waals surface area contributed by atoms with Gasteiger partial charge in [0.05, 0.1) is 0 Å². The summed E-state index contributed by atoms with van der Waals surface area (Å²) in [5.41, 5.74) is 9.62. The van der Waals surface area contributed by atoms with Crippen LogP contribution >= 0.6 is 11.3 Å². The molecular weight excluding hydrogens is 655 g/mol. The highest BCUT2D eigenvalue weighted by atomic mass is 32.1. The van der Waals surface area contributed by atoms with Crippen molar-refractivity contribution >= 4 is 75.0 Å². The molecule has 0 amide bonds. The van der Waals surface area contributed by atoms with Gasteiger partial charge in [0, 0.05) is 53.2 Å². The van der Waals surface area contributed by atoms with Crippen LogP contribution in [-0.2, 0) is 0 Å². The molecule has 3 aromatic heterocycles. The van der Waals surface area contributed by atoms with Crippen LogP contribution in [0.15, 0.2) is 156 Å². The molecule has 3 heterocycles. The van der Waals surface area contributed by atoms with Gasteiger partial charge in [0.25, 0.3) is 0 Å². The van der Waals surface area contributed by atoms with Crippen molar-refractivity contribution in [1.82, 2.24) is 15.0 Å². The highest BCUT2D eigenvalue weighted by Gasteiger charge is 2.27. The Bertz CT molecular complexity index is 3310. The number of aromatic nitrogens is 3. The molecule has 4 nitrogen and oxygen atoms in total. The summed E-state index contributed by atoms with van der Waals surface area (Å²) in [7, 11) is 0. The normalized spacial score (nSPS) is 12.2. The third kappa shape index (κ3) is 3.88. The van der Waals surface area contributed by atoms with Crippen LogP contribution in [0.5, 0.6) is 0 Å². The van der Waals surface area contributed by atoms with Crippen LogP contribution in [0.1, 0.15) is 0 Å². The molecule has 0 radical (unpaired) electrons. The molecule has 8 aromatic carbocycles. The lowest BCUT2D eigenvalue weighted by molar-refractivity contribution is 0.669. The van der Waals surface area contributed by atoms with Crippen molar-refractivity contribution in [3.63, 3.8) is 0 Å². The van der Waals surface area contributed by atoms with Gasteiger partial charge in [-0.2, -0.15) is 0 Å². The lowest BCUT2D eigenvalue weighted by atomic mass is 9.96. The Kier molecular flexibility index (Phi) is 5.62. The molecular formula is C47H25N3OS. The Hall–Kier alpha value is -6.69. The summed E-state index contributed by atoms with van der Waals surface area (Å²) in [5.74, 6) is 1.97. The van der Waals surface area contributed by atoms with Gasteiger partial charge >= 0.3 is 0 Å². The Morgan fingerprint density at radius 1 is 0.385 bits per heavy atom. The minimum atomic E-state index is 0.654. The minimum Gasteiger partial charge on any atom is -0.456 e. The number of hydrogen-bond donors (Lipinski definition) is 0. The smallest absolute Gasteiger partial charge is 0.164 e. The number of benzene rings is 8. The van der Waals surface area contributed by atoms with Gasteiger partial charge < -0.3 is 4.42 Å². The van der Waals surface area contributed by atoms with Crippen LogP contribution in [-0.4, -0.2) is 15.0 Å². The molecule has 0 bridgehead atoms. The van der Waals surface area contributed by atoms with Crippen LogP contribution in [0.4, 0.5) is 0 Å². The maximum Gasteiger partial charge on any atom is 0.164 e. The summed E-state index contributed by atoms with van der Waals surface area (Å²) in [4.78, 5) is 15.8. The first-order chi connectivity index (χ1) is 25.8. The quantitative estimate of drug-likeness (QED) is 0.186. The van der Waals surface area contributed by atoms with Crippen molar-refractivity contribution < 1.29 is 4.42 Å². The second-order valence-electron chi connectivity index (χ2n) is 13.5. The maximum atomic E-state index is 6.33. The summed E-state index contributed by atoms with van der Waals surface area (Å²) in [6.07, 6.45) is 0. The van der Waals surface area contributed by atoms with Crippen molar-refractivity contribution in [3.8, 4) is 56.4 Å². The zero-order valence-electron chi connectivity index (χ0n) is 27.6. The number of nitrogens with zero attached hydrogens (tertiary/aromatic N) is 3. The average Bonchev–Trinajstić information content (AvgIpc) is 3.87. The summed E-state index contributed by atoms with van der Waals surface area (Å²) in [6.45, 7) is 0. The number of furan rings is 1. The first kappa shape index (κ1) is 28.1. The predicted molar refractivity (Wildman–Crippen MR) is 216 cm³/mol. The lowest BCUT2D eigenvalue weighted by Gasteiger charge is -2.13. The Morgan fingerprint density at radius 2 is 1.04 bits per heavy atom. The van der Waals surface area contributed by atoms with E-state index in [2.05, 4.69) is 140 Å². The molecule has 0 saturated carbocycles. The molecule has 1 aliphatic rings. The van der Waals surface area contributed by atoms with E-state index in [0.29, 0.717) is 17.5 Å². The fourth-order valence-corrected chi connectivity index (χ4v) is 9.47. The van der Waals surface area contributed by atoms with Gasteiger partial charge in [-0.3, -0.25) is 0 Å². The molecule has 11 aromatic rings. The van der Waals surface area contributed by atoms with Gasteiger partial charge in [-0.25, -0.2) is 15.0 Å². The maximum absolute atomic E-state index is 6.33. The fourth-order valence-electron chi connectivity index (χ4n) is 8.39. The van der Waals surface area contributed by atoms with Gasteiger partial charge in [-0.15, -0.1) is 11.3 Å². The summed E-state index contributed by atoms with van der Waals surface area (Å²) < 4.78 is 8.85. The molecule has 0 spiro atoms. The van der Waals surface area contributed by atoms with E-state index in [1.807, 2.05) is 23.5 Å². The zero-order chi connectivity index (χ0) is 33.9. The van der Waals surface area contributed by atoms with Crippen LogP contribution in [0, 0.1) is 0 Å². The van der Waals surface area contributed by atoms with E-state index in [9.17, 15) is 0 Å². The van der Waals surface area contributed by atoms with Crippen molar-refractivity contribution in [2.75, 3.05) is 0 Å². The van der Waals surface area contributed by atoms with Gasteiger partial charge in [-0.05, 0) is 86.8 Å². The van der Waals surface area contributed by atoms with Crippen LogP contribution in [0.3, 0.4) is 0 Å². The monoisotopic (exact) mass is 679 g/mol. The number of hydrogen-bond acceptors (Lipinski definition) is 5. The van der Waals surface area contributed by atoms with Crippen molar-refractivity contribution in [1.29, 1.82) is 0 Å². The van der Waals surface area contributed by atoms with Crippen LogP contribution < -0.4 is 0 Å². The van der Waals surface area contributed by atoms with Crippen molar-refractivity contribution in [2.45, 2.75) is 0 Å². The third-order valence-corrected chi connectivity index (χ3v) is 11.8. The van der Waals surface area contributed by atoms with Gasteiger partial charge in [0.2, 0.25) is 0 Å². The predicted octanol–water partition coefficient (Wildman–Crippen LogP) is 13.1. The Labute approximate surface area is 301 Å². The van der Waals surface area contributed by atoms with Gasteiger partial charge in [-0.1, -0.05) is 103 Å². The zero-order valence-corrected chi connectivity index (χ0v) is 28.4. The highest BCUT2D eigenvalue weighted by molar-refractivity contribution is 7.25. The number of rotatable bonds is 3. The number of fused-ring (bicyclic) bond motifs is 11. The van der Waals surface area contributed by atoms with Crippen LogP contribution in [0.25, 0.3) is 120 Å². The molecule has 0 saturated heterocycles. The molecule has 0 aliphatic heterocycles. The molecule has 0 atom stereocenters. The van der Waals surface area contributed by atoms with E-state index in [4.69, 9.17) is 19.4 Å². The first-order valence-corrected chi connectivity index (χ1v) is 18.3. The summed E-state index contributed by atoms with van der Waals surface area (Å²) in [6, 6.07) is 53.6. The Balaban J connectivity index is 1.12. The molecule has 240 valence electrons. The van der Waals surface area contributed by atoms with Crippen molar-refractivity contribution in [3.05, 3.63) is 152 Å². The largest absolute Gasteiger partial charge is 0.456 e. The van der Waals surface area contributed by atoms with E-state index in [0.717, 1.165) is 54.8 Å². The van der Waals surface area contributed by atoms with Gasteiger partial charge in [0.15, 0.2) is 17.5 Å². The molecule has 5 heteroatoms. The topological polar surface area (TPSA) is 51.8 Å². The first-order valence-electron chi connectivity index (χ1n) is 17.4. The minimum absolute atomic E-state index is 0.654. The highest BCUT2D eigenvalue weighted by Crippen LogP contribution is 2.53. The standard InChI is InChI=1S/C47H25N3OS/c1-2-11-28-26(9-1)10-7-16-33(28)46-48-45(27-19-24-41-37(25-27)29-12-4-6-18-40(29)52-41)49-47(50-46)34-20-21-36-42-30(14-8-15-31(34)42)32-22-23-39-44(43(32)36)35-13-3-5-17-38(35)51-39/h1-25H. The lowest BCUT2D eigenvalue weighted by Crippen LogP contribution is -2.01.